The number of hydrogen-bond acceptors (Lipinski definition) is 6. The molecular formula is C20H19N5O. The minimum Gasteiger partial charge on any atom is -0.417 e. The Balaban J connectivity index is 1.50. The molecular weight excluding hydrogens is 326 g/mol. The van der Waals surface area contributed by atoms with E-state index in [9.17, 15) is 0 Å². The van der Waals surface area contributed by atoms with Crippen LogP contribution in [-0.4, -0.2) is 28.5 Å². The SMILES string of the molecule is CNc1ccc(CCNc2ncnc3oc(-c4ccccc4)nc23)cc1. The lowest BCUT2D eigenvalue weighted by atomic mass is 10.1. The number of anilines is 2. The van der Waals surface area contributed by atoms with Crippen molar-refractivity contribution in [1.82, 2.24) is 15.0 Å². The normalized spacial score (nSPS) is 10.8. The van der Waals surface area contributed by atoms with Crippen molar-refractivity contribution < 1.29 is 4.42 Å². The van der Waals surface area contributed by atoms with Crippen LogP contribution in [0.2, 0.25) is 0 Å². The first-order valence-electron chi connectivity index (χ1n) is 8.51. The van der Waals surface area contributed by atoms with Crippen LogP contribution >= 0.6 is 0 Å². The van der Waals surface area contributed by atoms with Gasteiger partial charge in [-0.15, -0.1) is 0 Å². The van der Waals surface area contributed by atoms with E-state index in [0.717, 1.165) is 24.2 Å². The Kier molecular flexibility index (Phi) is 4.47. The Morgan fingerprint density at radius 1 is 0.962 bits per heavy atom. The summed E-state index contributed by atoms with van der Waals surface area (Å²) in [5.74, 6) is 1.24. The van der Waals surface area contributed by atoms with Gasteiger partial charge in [0, 0.05) is 24.8 Å². The average Bonchev–Trinajstić information content (AvgIpc) is 3.14. The van der Waals surface area contributed by atoms with E-state index in [2.05, 4.69) is 49.9 Å². The first kappa shape index (κ1) is 16.1. The van der Waals surface area contributed by atoms with Crippen LogP contribution in [0.4, 0.5) is 11.5 Å². The van der Waals surface area contributed by atoms with E-state index in [-0.39, 0.29) is 0 Å². The molecule has 2 aromatic carbocycles. The zero-order valence-electron chi connectivity index (χ0n) is 14.4. The Morgan fingerprint density at radius 2 is 1.77 bits per heavy atom. The lowest BCUT2D eigenvalue weighted by Gasteiger charge is -2.06. The van der Waals surface area contributed by atoms with Gasteiger partial charge in [-0.2, -0.15) is 4.98 Å². The Labute approximate surface area is 151 Å². The molecule has 0 aliphatic rings. The molecule has 6 nitrogen and oxygen atoms in total. The highest BCUT2D eigenvalue weighted by Gasteiger charge is 2.13. The number of oxazole rings is 1. The molecule has 0 spiro atoms. The largest absolute Gasteiger partial charge is 0.417 e. The fourth-order valence-electron chi connectivity index (χ4n) is 2.75. The van der Waals surface area contributed by atoms with Gasteiger partial charge < -0.3 is 15.1 Å². The molecule has 0 saturated heterocycles. The second-order valence-corrected chi connectivity index (χ2v) is 5.88. The molecule has 0 saturated carbocycles. The van der Waals surface area contributed by atoms with Gasteiger partial charge in [-0.3, -0.25) is 0 Å². The van der Waals surface area contributed by atoms with Gasteiger partial charge in [0.2, 0.25) is 5.89 Å². The maximum Gasteiger partial charge on any atom is 0.252 e. The molecule has 130 valence electrons. The lowest BCUT2D eigenvalue weighted by Crippen LogP contribution is -2.07. The third-order valence-corrected chi connectivity index (χ3v) is 4.16. The Bertz CT molecular complexity index is 996. The first-order valence-corrected chi connectivity index (χ1v) is 8.51. The zero-order valence-corrected chi connectivity index (χ0v) is 14.4. The number of rotatable bonds is 6. The fraction of sp³-hybridized carbons (Fsp3) is 0.150. The summed E-state index contributed by atoms with van der Waals surface area (Å²) in [6.45, 7) is 0.749. The number of hydrogen-bond donors (Lipinski definition) is 2. The predicted molar refractivity (Wildman–Crippen MR) is 103 cm³/mol. The topological polar surface area (TPSA) is 75.9 Å². The van der Waals surface area contributed by atoms with E-state index >= 15 is 0 Å². The number of aromatic nitrogens is 3. The Hall–Kier alpha value is -3.41. The number of nitrogens with one attached hydrogen (secondary N) is 2. The first-order chi connectivity index (χ1) is 12.8. The second kappa shape index (κ2) is 7.23. The van der Waals surface area contributed by atoms with Crippen molar-refractivity contribution in [2.45, 2.75) is 6.42 Å². The number of benzene rings is 2. The molecule has 0 fully saturated rings. The highest BCUT2D eigenvalue weighted by molar-refractivity contribution is 5.83. The third-order valence-electron chi connectivity index (χ3n) is 4.16. The zero-order chi connectivity index (χ0) is 17.8. The minimum atomic E-state index is 0.486. The van der Waals surface area contributed by atoms with E-state index in [1.165, 1.54) is 11.9 Å². The highest BCUT2D eigenvalue weighted by atomic mass is 16.4. The third kappa shape index (κ3) is 3.35. The molecule has 2 aromatic heterocycles. The molecule has 0 atom stereocenters. The van der Waals surface area contributed by atoms with Crippen LogP contribution in [0, 0.1) is 0 Å². The molecule has 0 unspecified atom stereocenters. The van der Waals surface area contributed by atoms with Gasteiger partial charge in [0.25, 0.3) is 5.71 Å². The Morgan fingerprint density at radius 3 is 2.54 bits per heavy atom. The van der Waals surface area contributed by atoms with Crippen molar-refractivity contribution >= 4 is 22.7 Å². The van der Waals surface area contributed by atoms with Crippen LogP contribution in [0.3, 0.4) is 0 Å². The van der Waals surface area contributed by atoms with Gasteiger partial charge in [0.1, 0.15) is 6.33 Å². The summed E-state index contributed by atoms with van der Waals surface area (Å²) in [5.41, 5.74) is 4.42. The van der Waals surface area contributed by atoms with E-state index in [1.54, 1.807) is 0 Å². The second-order valence-electron chi connectivity index (χ2n) is 5.88. The summed E-state index contributed by atoms with van der Waals surface area (Å²) < 4.78 is 5.78. The van der Waals surface area contributed by atoms with Gasteiger partial charge in [0.15, 0.2) is 11.3 Å². The highest BCUT2D eigenvalue weighted by Crippen LogP contribution is 2.25. The fourth-order valence-corrected chi connectivity index (χ4v) is 2.75. The van der Waals surface area contributed by atoms with Crippen molar-refractivity contribution in [2.75, 3.05) is 24.2 Å². The molecule has 2 N–H and O–H groups in total. The lowest BCUT2D eigenvalue weighted by molar-refractivity contribution is 0.607. The molecule has 2 heterocycles. The molecule has 6 heteroatoms. The van der Waals surface area contributed by atoms with Crippen molar-refractivity contribution in [2.24, 2.45) is 0 Å². The van der Waals surface area contributed by atoms with Gasteiger partial charge in [-0.25, -0.2) is 9.97 Å². The maximum absolute atomic E-state index is 5.78. The summed E-state index contributed by atoms with van der Waals surface area (Å²) in [4.78, 5) is 13.1. The standard InChI is InChI=1S/C20H19N5O/c1-21-16-9-7-14(8-10-16)11-12-22-18-17-20(24-13-23-18)26-19(25-17)15-5-3-2-4-6-15/h2-10,13,21H,11-12H2,1H3,(H,22,23,24). The van der Waals surface area contributed by atoms with Gasteiger partial charge >= 0.3 is 0 Å². The maximum atomic E-state index is 5.78. The molecule has 4 rings (SSSR count). The minimum absolute atomic E-state index is 0.486. The summed E-state index contributed by atoms with van der Waals surface area (Å²) in [6, 6.07) is 18.2. The average molecular weight is 345 g/mol. The van der Waals surface area contributed by atoms with Gasteiger partial charge in [0.05, 0.1) is 0 Å². The molecule has 26 heavy (non-hydrogen) atoms. The van der Waals surface area contributed by atoms with Crippen molar-refractivity contribution in [3.05, 3.63) is 66.5 Å². The predicted octanol–water partition coefficient (Wildman–Crippen LogP) is 3.98. The van der Waals surface area contributed by atoms with E-state index in [4.69, 9.17) is 4.42 Å². The van der Waals surface area contributed by atoms with E-state index in [1.807, 2.05) is 37.4 Å². The van der Waals surface area contributed by atoms with E-state index < -0.39 is 0 Å². The van der Waals surface area contributed by atoms with Gasteiger partial charge in [-0.1, -0.05) is 30.3 Å². The summed E-state index contributed by atoms with van der Waals surface area (Å²) in [5, 5.41) is 6.46. The van der Waals surface area contributed by atoms with Gasteiger partial charge in [-0.05, 0) is 36.2 Å². The molecule has 4 aromatic rings. The summed E-state index contributed by atoms with van der Waals surface area (Å²) >= 11 is 0. The smallest absolute Gasteiger partial charge is 0.252 e. The molecule has 0 radical (unpaired) electrons. The van der Waals surface area contributed by atoms with Crippen molar-refractivity contribution in [1.29, 1.82) is 0 Å². The number of nitrogens with zero attached hydrogens (tertiary/aromatic N) is 3. The summed E-state index contributed by atoms with van der Waals surface area (Å²) in [7, 11) is 1.92. The van der Waals surface area contributed by atoms with Crippen LogP contribution in [0.15, 0.2) is 65.3 Å². The van der Waals surface area contributed by atoms with Crippen molar-refractivity contribution in [3.8, 4) is 11.5 Å². The molecule has 0 amide bonds. The number of fused-ring (bicyclic) bond motifs is 1. The molecule has 0 bridgehead atoms. The van der Waals surface area contributed by atoms with E-state index in [0.29, 0.717) is 22.9 Å². The monoisotopic (exact) mass is 345 g/mol. The van der Waals surface area contributed by atoms with Crippen LogP contribution in [0.25, 0.3) is 22.7 Å². The van der Waals surface area contributed by atoms with Crippen LogP contribution < -0.4 is 10.6 Å². The molecule has 0 aliphatic carbocycles. The van der Waals surface area contributed by atoms with Crippen molar-refractivity contribution in [3.63, 3.8) is 0 Å². The quantitative estimate of drug-likeness (QED) is 0.550. The van der Waals surface area contributed by atoms with Crippen LogP contribution in [-0.2, 0) is 6.42 Å². The van der Waals surface area contributed by atoms with Crippen LogP contribution in [0.5, 0.6) is 0 Å². The summed E-state index contributed by atoms with van der Waals surface area (Å²) in [6.07, 6.45) is 2.38. The van der Waals surface area contributed by atoms with Crippen LogP contribution in [0.1, 0.15) is 5.56 Å². The molecule has 0 aliphatic heterocycles.